The van der Waals surface area contributed by atoms with E-state index < -0.39 is 11.7 Å². The molecule has 1 rings (SSSR count). The Hall–Kier alpha value is -1.46. The average molecular weight is 301 g/mol. The zero-order valence-corrected chi connectivity index (χ0v) is 13.0. The Morgan fingerprint density at radius 2 is 2.10 bits per heavy atom. The molecule has 20 heavy (non-hydrogen) atoms. The number of alkyl carbamates (subject to hydrolysis) is 1. The van der Waals surface area contributed by atoms with Crippen molar-refractivity contribution in [2.24, 2.45) is 5.73 Å². The number of hydrogen-bond acceptors (Lipinski definition) is 4. The Morgan fingerprint density at radius 3 is 2.65 bits per heavy atom. The van der Waals surface area contributed by atoms with E-state index in [0.29, 0.717) is 10.8 Å². The first-order chi connectivity index (χ1) is 9.23. The molecule has 3 N–H and O–H groups in total. The predicted molar refractivity (Wildman–Crippen MR) is 79.2 cm³/mol. The number of amides is 1. The monoisotopic (exact) mass is 300 g/mol. The summed E-state index contributed by atoms with van der Waals surface area (Å²) in [6.45, 7) is 5.67. The quantitative estimate of drug-likeness (QED) is 0.896. The van der Waals surface area contributed by atoms with Crippen LogP contribution >= 0.6 is 11.6 Å². The maximum Gasteiger partial charge on any atom is 0.407 e. The zero-order valence-electron chi connectivity index (χ0n) is 12.2. The molecule has 0 radical (unpaired) electrons. The van der Waals surface area contributed by atoms with Crippen LogP contribution in [0.2, 0.25) is 5.02 Å². The van der Waals surface area contributed by atoms with Crippen LogP contribution in [0.1, 0.15) is 32.4 Å². The van der Waals surface area contributed by atoms with Crippen LogP contribution < -0.4 is 15.8 Å². The molecule has 0 aliphatic carbocycles. The van der Waals surface area contributed by atoms with Crippen molar-refractivity contribution in [3.63, 3.8) is 0 Å². The van der Waals surface area contributed by atoms with E-state index in [1.807, 2.05) is 0 Å². The molecule has 1 atom stereocenters. The largest absolute Gasteiger partial charge is 0.495 e. The molecular weight excluding hydrogens is 280 g/mol. The van der Waals surface area contributed by atoms with Gasteiger partial charge in [-0.3, -0.25) is 0 Å². The Balaban J connectivity index is 2.59. The van der Waals surface area contributed by atoms with Crippen molar-refractivity contribution < 1.29 is 14.3 Å². The molecule has 6 heteroatoms. The number of hydrogen-bond donors (Lipinski definition) is 2. The minimum Gasteiger partial charge on any atom is -0.495 e. The second kappa shape index (κ2) is 6.81. The smallest absolute Gasteiger partial charge is 0.407 e. The number of carbonyl (C=O) groups excluding carboxylic acids is 1. The summed E-state index contributed by atoms with van der Waals surface area (Å²) in [4.78, 5) is 11.5. The molecule has 0 spiro atoms. The van der Waals surface area contributed by atoms with Crippen molar-refractivity contribution in [1.82, 2.24) is 5.32 Å². The molecule has 0 aliphatic rings. The number of benzene rings is 1. The molecular formula is C14H21ClN2O3. The third-order valence-corrected chi connectivity index (χ3v) is 2.78. The van der Waals surface area contributed by atoms with Crippen LogP contribution in [0.15, 0.2) is 18.2 Å². The molecule has 0 fully saturated rings. The van der Waals surface area contributed by atoms with Gasteiger partial charge in [-0.15, -0.1) is 0 Å². The minimum atomic E-state index is -0.530. The lowest BCUT2D eigenvalue weighted by Crippen LogP contribution is -2.36. The predicted octanol–water partition coefficient (Wildman–Crippen LogP) is 2.87. The highest BCUT2D eigenvalue weighted by Gasteiger charge is 2.17. The van der Waals surface area contributed by atoms with Crippen molar-refractivity contribution in [3.8, 4) is 5.75 Å². The molecule has 0 aromatic heterocycles. The van der Waals surface area contributed by atoms with Gasteiger partial charge in [0.1, 0.15) is 11.4 Å². The Kier molecular flexibility index (Phi) is 5.65. The van der Waals surface area contributed by atoms with E-state index in [-0.39, 0.29) is 12.6 Å². The highest BCUT2D eigenvalue weighted by atomic mass is 35.5. The third-order valence-electron chi connectivity index (χ3n) is 2.47. The lowest BCUT2D eigenvalue weighted by atomic mass is 10.1. The molecule has 1 amide bonds. The van der Waals surface area contributed by atoms with E-state index in [1.54, 1.807) is 39.0 Å². The topological polar surface area (TPSA) is 73.6 Å². The van der Waals surface area contributed by atoms with Gasteiger partial charge in [0.15, 0.2) is 0 Å². The minimum absolute atomic E-state index is 0.264. The fourth-order valence-electron chi connectivity index (χ4n) is 1.53. The van der Waals surface area contributed by atoms with Gasteiger partial charge >= 0.3 is 6.09 Å². The van der Waals surface area contributed by atoms with Gasteiger partial charge in [0.25, 0.3) is 0 Å². The van der Waals surface area contributed by atoms with Crippen molar-refractivity contribution in [2.45, 2.75) is 32.4 Å². The summed E-state index contributed by atoms with van der Waals surface area (Å²) in [5.41, 5.74) is 6.30. The molecule has 112 valence electrons. The van der Waals surface area contributed by atoms with Crippen LogP contribution in [-0.4, -0.2) is 25.3 Å². The number of halogens is 1. The summed E-state index contributed by atoms with van der Waals surface area (Å²) in [5.74, 6) is 0.553. The van der Waals surface area contributed by atoms with E-state index in [2.05, 4.69) is 5.32 Å². The van der Waals surface area contributed by atoms with Gasteiger partial charge in [-0.05, 0) is 38.5 Å². The first-order valence-corrected chi connectivity index (χ1v) is 6.66. The molecule has 0 aliphatic heterocycles. The van der Waals surface area contributed by atoms with Gasteiger partial charge in [0.2, 0.25) is 0 Å². The fraction of sp³-hybridized carbons (Fsp3) is 0.500. The second-order valence-corrected chi connectivity index (χ2v) is 5.79. The highest BCUT2D eigenvalue weighted by molar-refractivity contribution is 6.32. The molecule has 0 bridgehead atoms. The third kappa shape index (κ3) is 5.27. The SMILES string of the molecule is COc1cc(C(N)CNC(=O)OC(C)(C)C)ccc1Cl. The Labute approximate surface area is 124 Å². The standard InChI is InChI=1S/C14H21ClN2O3/c1-14(2,3)20-13(18)17-8-11(16)9-5-6-10(15)12(7-9)19-4/h5-7,11H,8,16H2,1-4H3,(H,17,18). The first-order valence-electron chi connectivity index (χ1n) is 6.29. The van der Waals surface area contributed by atoms with Crippen molar-refractivity contribution in [2.75, 3.05) is 13.7 Å². The fourth-order valence-corrected chi connectivity index (χ4v) is 1.73. The lowest BCUT2D eigenvalue weighted by Gasteiger charge is -2.21. The van der Waals surface area contributed by atoms with E-state index in [9.17, 15) is 4.79 Å². The summed E-state index contributed by atoms with van der Waals surface area (Å²) >= 11 is 5.95. The zero-order chi connectivity index (χ0) is 15.3. The summed E-state index contributed by atoms with van der Waals surface area (Å²) in [6.07, 6.45) is -0.492. The van der Waals surface area contributed by atoms with Gasteiger partial charge < -0.3 is 20.5 Å². The van der Waals surface area contributed by atoms with Crippen molar-refractivity contribution in [3.05, 3.63) is 28.8 Å². The molecule has 0 heterocycles. The molecule has 1 unspecified atom stereocenters. The molecule has 1 aromatic rings. The van der Waals surface area contributed by atoms with E-state index in [4.69, 9.17) is 26.8 Å². The normalized spacial score (nSPS) is 12.7. The van der Waals surface area contributed by atoms with Gasteiger partial charge in [-0.2, -0.15) is 0 Å². The van der Waals surface area contributed by atoms with Gasteiger partial charge in [-0.1, -0.05) is 17.7 Å². The van der Waals surface area contributed by atoms with E-state index >= 15 is 0 Å². The highest BCUT2D eigenvalue weighted by Crippen LogP contribution is 2.26. The van der Waals surface area contributed by atoms with Crippen LogP contribution in [-0.2, 0) is 4.74 Å². The van der Waals surface area contributed by atoms with Crippen molar-refractivity contribution >= 4 is 17.7 Å². The van der Waals surface area contributed by atoms with Crippen LogP contribution in [0.5, 0.6) is 5.75 Å². The lowest BCUT2D eigenvalue weighted by molar-refractivity contribution is 0.0524. The van der Waals surface area contributed by atoms with Crippen LogP contribution in [0.3, 0.4) is 0 Å². The second-order valence-electron chi connectivity index (χ2n) is 5.38. The molecule has 0 saturated carbocycles. The summed E-state index contributed by atoms with van der Waals surface area (Å²) in [6, 6.07) is 4.90. The summed E-state index contributed by atoms with van der Waals surface area (Å²) in [7, 11) is 1.54. The van der Waals surface area contributed by atoms with Crippen LogP contribution in [0.4, 0.5) is 4.79 Å². The maximum atomic E-state index is 11.5. The molecule has 1 aromatic carbocycles. The van der Waals surface area contributed by atoms with E-state index in [0.717, 1.165) is 5.56 Å². The summed E-state index contributed by atoms with van der Waals surface area (Å²) < 4.78 is 10.3. The number of methoxy groups -OCH3 is 1. The number of nitrogens with one attached hydrogen (secondary N) is 1. The first kappa shape index (κ1) is 16.6. The van der Waals surface area contributed by atoms with Crippen LogP contribution in [0, 0.1) is 0 Å². The van der Waals surface area contributed by atoms with Gasteiger partial charge in [-0.25, -0.2) is 4.79 Å². The van der Waals surface area contributed by atoms with Gasteiger partial charge in [0.05, 0.1) is 12.1 Å². The maximum absolute atomic E-state index is 11.5. The Morgan fingerprint density at radius 1 is 1.45 bits per heavy atom. The van der Waals surface area contributed by atoms with Gasteiger partial charge in [0, 0.05) is 12.6 Å². The Bertz CT molecular complexity index is 472. The average Bonchev–Trinajstić information content (AvgIpc) is 2.34. The number of ether oxygens (including phenoxy) is 2. The summed E-state index contributed by atoms with van der Waals surface area (Å²) in [5, 5.41) is 3.15. The number of rotatable bonds is 4. The van der Waals surface area contributed by atoms with Crippen LogP contribution in [0.25, 0.3) is 0 Å². The van der Waals surface area contributed by atoms with E-state index in [1.165, 1.54) is 7.11 Å². The molecule has 0 saturated heterocycles. The van der Waals surface area contributed by atoms with Crippen molar-refractivity contribution in [1.29, 1.82) is 0 Å². The molecule has 5 nitrogen and oxygen atoms in total. The number of nitrogens with two attached hydrogens (primary N) is 1. The number of carbonyl (C=O) groups is 1.